The summed E-state index contributed by atoms with van der Waals surface area (Å²) in [6.45, 7) is 1.93. The summed E-state index contributed by atoms with van der Waals surface area (Å²) < 4.78 is 0. The molecule has 0 unspecified atom stereocenters. The Kier molecular flexibility index (Phi) is 5.33. The maximum absolute atomic E-state index is 12.3. The van der Waals surface area contributed by atoms with Gasteiger partial charge in [0.2, 0.25) is 5.91 Å². The zero-order valence-electron chi connectivity index (χ0n) is 13.6. The molecular formula is C17H18N4O4. The van der Waals surface area contributed by atoms with Crippen LogP contribution in [0.15, 0.2) is 36.4 Å². The van der Waals surface area contributed by atoms with E-state index in [1.807, 2.05) is 6.07 Å². The minimum atomic E-state index is -0.617. The summed E-state index contributed by atoms with van der Waals surface area (Å²) in [5, 5.41) is 13.7. The molecule has 8 nitrogen and oxygen atoms in total. The van der Waals surface area contributed by atoms with E-state index >= 15 is 0 Å². The number of hydrogen-bond donors (Lipinski definition) is 3. The summed E-state index contributed by atoms with van der Waals surface area (Å²) in [7, 11) is 0. The Hall–Kier alpha value is -3.42. The second-order valence-corrected chi connectivity index (χ2v) is 5.57. The molecule has 0 heterocycles. The number of nitro benzene ring substituents is 1. The maximum Gasteiger partial charge on any atom is 0.293 e. The topological polar surface area (TPSA) is 141 Å². The van der Waals surface area contributed by atoms with Crippen molar-refractivity contribution in [2.75, 3.05) is 12.3 Å². The first-order chi connectivity index (χ1) is 11.8. The molecule has 0 aromatic heterocycles. The molecule has 0 saturated heterocycles. The molecular weight excluding hydrogens is 324 g/mol. The van der Waals surface area contributed by atoms with Gasteiger partial charge in [0, 0.05) is 18.2 Å². The van der Waals surface area contributed by atoms with Crippen LogP contribution in [0.1, 0.15) is 31.8 Å². The number of primary amides is 1. The number of amides is 2. The molecule has 0 aliphatic rings. The zero-order chi connectivity index (χ0) is 18.6. The van der Waals surface area contributed by atoms with Crippen molar-refractivity contribution in [1.29, 1.82) is 0 Å². The van der Waals surface area contributed by atoms with Gasteiger partial charge in [0.15, 0.2) is 0 Å². The van der Waals surface area contributed by atoms with E-state index in [9.17, 15) is 19.7 Å². The van der Waals surface area contributed by atoms with Gasteiger partial charge in [-0.25, -0.2) is 0 Å². The molecule has 8 heteroatoms. The molecule has 0 radical (unpaired) electrons. The van der Waals surface area contributed by atoms with Gasteiger partial charge in [-0.3, -0.25) is 19.7 Å². The van der Waals surface area contributed by atoms with E-state index in [1.54, 1.807) is 25.1 Å². The third-order valence-electron chi connectivity index (χ3n) is 3.65. The number of anilines is 1. The summed E-state index contributed by atoms with van der Waals surface area (Å²) in [6.07, 6.45) is 0.473. The first kappa shape index (κ1) is 17.9. The van der Waals surface area contributed by atoms with Crippen molar-refractivity contribution in [2.45, 2.75) is 13.3 Å². The lowest BCUT2D eigenvalue weighted by molar-refractivity contribution is -0.384. The van der Waals surface area contributed by atoms with E-state index in [0.29, 0.717) is 17.5 Å². The summed E-state index contributed by atoms with van der Waals surface area (Å²) in [5.41, 5.74) is 12.4. The van der Waals surface area contributed by atoms with Crippen LogP contribution in [-0.4, -0.2) is 23.3 Å². The van der Waals surface area contributed by atoms with E-state index in [1.165, 1.54) is 12.1 Å². The average Bonchev–Trinajstić information content (AvgIpc) is 2.56. The highest BCUT2D eigenvalue weighted by atomic mass is 16.6. The van der Waals surface area contributed by atoms with Gasteiger partial charge < -0.3 is 16.8 Å². The molecule has 0 aliphatic heterocycles. The van der Waals surface area contributed by atoms with Crippen LogP contribution in [0.3, 0.4) is 0 Å². The number of carbonyl (C=O) groups excluding carboxylic acids is 2. The van der Waals surface area contributed by atoms with Crippen molar-refractivity contribution in [2.24, 2.45) is 5.73 Å². The van der Waals surface area contributed by atoms with Gasteiger partial charge in [0.05, 0.1) is 10.5 Å². The predicted octanol–water partition coefficient (Wildman–Crippen LogP) is 1.56. The molecule has 0 saturated carbocycles. The minimum absolute atomic E-state index is 0.0672. The van der Waals surface area contributed by atoms with E-state index < -0.39 is 16.7 Å². The number of nitrogens with one attached hydrogen (secondary N) is 1. The van der Waals surface area contributed by atoms with Crippen molar-refractivity contribution in [3.05, 3.63) is 68.8 Å². The van der Waals surface area contributed by atoms with E-state index in [0.717, 1.165) is 5.56 Å². The molecule has 0 fully saturated rings. The number of hydrogen-bond acceptors (Lipinski definition) is 5. The lowest BCUT2D eigenvalue weighted by atomic mass is 10.1. The van der Waals surface area contributed by atoms with Gasteiger partial charge in [-0.05, 0) is 42.7 Å². The van der Waals surface area contributed by atoms with Crippen LogP contribution in [0.25, 0.3) is 0 Å². The number of nitrogens with two attached hydrogens (primary N) is 2. The molecule has 2 aromatic rings. The highest BCUT2D eigenvalue weighted by molar-refractivity contribution is 6.01. The average molecular weight is 342 g/mol. The van der Waals surface area contributed by atoms with Crippen molar-refractivity contribution in [3.8, 4) is 0 Å². The smallest absolute Gasteiger partial charge is 0.293 e. The number of nitro groups is 1. The highest BCUT2D eigenvalue weighted by Gasteiger charge is 2.20. The van der Waals surface area contributed by atoms with Gasteiger partial charge in [0.25, 0.3) is 11.6 Å². The Labute approximate surface area is 144 Å². The lowest BCUT2D eigenvalue weighted by Crippen LogP contribution is -2.27. The molecule has 5 N–H and O–H groups in total. The number of nitrogen functional groups attached to an aromatic ring is 1. The van der Waals surface area contributed by atoms with Crippen LogP contribution >= 0.6 is 0 Å². The minimum Gasteiger partial charge on any atom is -0.393 e. The quantitative estimate of drug-likeness (QED) is 0.415. The molecule has 0 bridgehead atoms. The molecule has 0 aliphatic carbocycles. The Morgan fingerprint density at radius 1 is 1.24 bits per heavy atom. The number of aryl methyl sites for hydroxylation is 1. The molecule has 2 amide bonds. The van der Waals surface area contributed by atoms with Crippen molar-refractivity contribution >= 4 is 23.2 Å². The van der Waals surface area contributed by atoms with Crippen molar-refractivity contribution in [3.63, 3.8) is 0 Å². The molecule has 25 heavy (non-hydrogen) atoms. The molecule has 2 aromatic carbocycles. The SMILES string of the molecule is Cc1cc(C(=O)NCCc2cccc(C(N)=O)c2)c(N)c([N+](=O)[O-])c1. The summed E-state index contributed by atoms with van der Waals surface area (Å²) in [6, 6.07) is 9.60. The van der Waals surface area contributed by atoms with Crippen LogP contribution in [0.5, 0.6) is 0 Å². The largest absolute Gasteiger partial charge is 0.393 e. The predicted molar refractivity (Wildman–Crippen MR) is 93.2 cm³/mol. The van der Waals surface area contributed by atoms with E-state index in [2.05, 4.69) is 5.32 Å². The number of benzene rings is 2. The van der Waals surface area contributed by atoms with Crippen LogP contribution in [0.2, 0.25) is 0 Å². The fourth-order valence-electron chi connectivity index (χ4n) is 2.41. The Morgan fingerprint density at radius 3 is 2.60 bits per heavy atom. The van der Waals surface area contributed by atoms with Gasteiger partial charge >= 0.3 is 0 Å². The van der Waals surface area contributed by atoms with Gasteiger partial charge in [-0.15, -0.1) is 0 Å². The fourth-order valence-corrected chi connectivity index (χ4v) is 2.41. The van der Waals surface area contributed by atoms with Crippen LogP contribution < -0.4 is 16.8 Å². The third-order valence-corrected chi connectivity index (χ3v) is 3.65. The first-order valence-corrected chi connectivity index (χ1v) is 7.51. The monoisotopic (exact) mass is 342 g/mol. The highest BCUT2D eigenvalue weighted by Crippen LogP contribution is 2.26. The Balaban J connectivity index is 2.07. The van der Waals surface area contributed by atoms with Crippen LogP contribution in [-0.2, 0) is 6.42 Å². The molecule has 2 rings (SSSR count). The summed E-state index contributed by atoms with van der Waals surface area (Å²) >= 11 is 0. The van der Waals surface area contributed by atoms with E-state index in [4.69, 9.17) is 11.5 Å². The summed E-state index contributed by atoms with van der Waals surface area (Å²) in [4.78, 5) is 33.8. The first-order valence-electron chi connectivity index (χ1n) is 7.51. The molecule has 0 spiro atoms. The van der Waals surface area contributed by atoms with Gasteiger partial charge in [-0.2, -0.15) is 0 Å². The number of carbonyl (C=O) groups is 2. The normalized spacial score (nSPS) is 10.3. The van der Waals surface area contributed by atoms with Gasteiger partial charge in [-0.1, -0.05) is 12.1 Å². The number of rotatable bonds is 6. The van der Waals surface area contributed by atoms with Crippen LogP contribution in [0, 0.1) is 17.0 Å². The Morgan fingerprint density at radius 2 is 1.96 bits per heavy atom. The summed E-state index contributed by atoms with van der Waals surface area (Å²) in [5.74, 6) is -1.01. The maximum atomic E-state index is 12.3. The second kappa shape index (κ2) is 7.43. The molecule has 130 valence electrons. The lowest BCUT2D eigenvalue weighted by Gasteiger charge is -2.09. The number of nitrogens with zero attached hydrogens (tertiary/aromatic N) is 1. The van der Waals surface area contributed by atoms with Gasteiger partial charge in [0.1, 0.15) is 5.69 Å². The van der Waals surface area contributed by atoms with Crippen LogP contribution in [0.4, 0.5) is 11.4 Å². The van der Waals surface area contributed by atoms with Crippen molar-refractivity contribution in [1.82, 2.24) is 5.32 Å². The van der Waals surface area contributed by atoms with E-state index in [-0.39, 0.29) is 23.5 Å². The second-order valence-electron chi connectivity index (χ2n) is 5.57. The zero-order valence-corrected chi connectivity index (χ0v) is 13.6. The fraction of sp³-hybridized carbons (Fsp3) is 0.176. The Bertz CT molecular complexity index is 849. The van der Waals surface area contributed by atoms with Crippen molar-refractivity contribution < 1.29 is 14.5 Å². The molecule has 0 atom stereocenters. The third kappa shape index (κ3) is 4.31. The standard InChI is InChI=1S/C17H18N4O4/c1-10-7-13(15(18)14(8-10)21(24)25)17(23)20-6-5-11-3-2-4-12(9-11)16(19)22/h2-4,7-9H,5-6,18H2,1H3,(H2,19,22)(H,20,23).